The van der Waals surface area contributed by atoms with Crippen molar-refractivity contribution in [3.63, 3.8) is 0 Å². The molecule has 1 aromatic rings. The van der Waals surface area contributed by atoms with E-state index in [0.29, 0.717) is 12.0 Å². The summed E-state index contributed by atoms with van der Waals surface area (Å²) in [5.41, 5.74) is 2.28. The average molecular weight is 248 g/mol. The van der Waals surface area contributed by atoms with Gasteiger partial charge in [0.2, 0.25) is 0 Å². The zero-order chi connectivity index (χ0) is 13.0. The second-order valence-electron chi connectivity index (χ2n) is 5.04. The van der Waals surface area contributed by atoms with Gasteiger partial charge in [-0.1, -0.05) is 33.3 Å². The van der Waals surface area contributed by atoms with Crippen LogP contribution in [0.5, 0.6) is 5.75 Å². The Morgan fingerprint density at radius 3 is 2.94 bits per heavy atom. The van der Waals surface area contributed by atoms with Crippen molar-refractivity contribution in [2.24, 2.45) is 5.92 Å². The highest BCUT2D eigenvalue weighted by Gasteiger charge is 2.23. The van der Waals surface area contributed by atoms with E-state index in [0.717, 1.165) is 31.0 Å². The monoisotopic (exact) mass is 248 g/mol. The highest BCUT2D eigenvalue weighted by molar-refractivity contribution is 5.77. The Balaban J connectivity index is 2.13. The number of hydrogen-bond donors (Lipinski definition) is 2. The van der Waals surface area contributed by atoms with E-state index >= 15 is 0 Å². The van der Waals surface area contributed by atoms with Crippen molar-refractivity contribution in [1.29, 1.82) is 0 Å². The van der Waals surface area contributed by atoms with E-state index in [1.807, 2.05) is 6.07 Å². The molecule has 0 aromatic heterocycles. The highest BCUT2D eigenvalue weighted by Crippen LogP contribution is 2.36. The van der Waals surface area contributed by atoms with Crippen molar-refractivity contribution < 1.29 is 4.74 Å². The van der Waals surface area contributed by atoms with Crippen LogP contribution in [0.4, 0.5) is 11.4 Å². The second kappa shape index (κ2) is 5.98. The SMILES string of the molecule is CCCOc1cccc2c1NCC(C(C)CC)N2. The smallest absolute Gasteiger partial charge is 0.144 e. The summed E-state index contributed by atoms with van der Waals surface area (Å²) in [4.78, 5) is 0. The summed E-state index contributed by atoms with van der Waals surface area (Å²) in [6, 6.07) is 6.71. The van der Waals surface area contributed by atoms with E-state index in [4.69, 9.17) is 4.74 Å². The molecule has 0 spiro atoms. The van der Waals surface area contributed by atoms with Gasteiger partial charge in [0.05, 0.1) is 12.3 Å². The molecule has 0 saturated carbocycles. The minimum atomic E-state index is 0.504. The van der Waals surface area contributed by atoms with Gasteiger partial charge in [0.25, 0.3) is 0 Å². The number of hydrogen-bond acceptors (Lipinski definition) is 3. The molecular weight excluding hydrogens is 224 g/mol. The lowest BCUT2D eigenvalue weighted by atomic mass is 9.97. The Hall–Kier alpha value is -1.38. The normalized spacial score (nSPS) is 19.4. The summed E-state index contributed by atoms with van der Waals surface area (Å²) in [5.74, 6) is 1.63. The molecule has 3 nitrogen and oxygen atoms in total. The molecule has 2 unspecified atom stereocenters. The first kappa shape index (κ1) is 13.1. The van der Waals surface area contributed by atoms with Crippen molar-refractivity contribution in [3.05, 3.63) is 18.2 Å². The summed E-state index contributed by atoms with van der Waals surface area (Å²) < 4.78 is 5.77. The van der Waals surface area contributed by atoms with E-state index in [1.54, 1.807) is 0 Å². The summed E-state index contributed by atoms with van der Waals surface area (Å²) in [6.45, 7) is 8.39. The molecule has 2 N–H and O–H groups in total. The van der Waals surface area contributed by atoms with Gasteiger partial charge in [-0.25, -0.2) is 0 Å². The van der Waals surface area contributed by atoms with Crippen LogP contribution in [-0.2, 0) is 0 Å². The standard InChI is InChI=1S/C15H24N2O/c1-4-9-18-14-8-6-7-12-15(14)16-10-13(17-12)11(3)5-2/h6-8,11,13,16-17H,4-5,9-10H2,1-3H3. The minimum Gasteiger partial charge on any atom is -0.491 e. The van der Waals surface area contributed by atoms with Crippen molar-refractivity contribution in [3.8, 4) is 5.75 Å². The van der Waals surface area contributed by atoms with Gasteiger partial charge < -0.3 is 15.4 Å². The van der Waals surface area contributed by atoms with Crippen molar-refractivity contribution >= 4 is 11.4 Å². The summed E-state index contributed by atoms with van der Waals surface area (Å²) in [5, 5.41) is 7.14. The van der Waals surface area contributed by atoms with Gasteiger partial charge in [0.1, 0.15) is 11.4 Å². The van der Waals surface area contributed by atoms with E-state index < -0.39 is 0 Å². The zero-order valence-corrected chi connectivity index (χ0v) is 11.6. The van der Waals surface area contributed by atoms with Crippen LogP contribution in [0.15, 0.2) is 18.2 Å². The van der Waals surface area contributed by atoms with Gasteiger partial charge in [-0.2, -0.15) is 0 Å². The molecule has 2 atom stereocenters. The molecular formula is C15H24N2O. The van der Waals surface area contributed by atoms with E-state index in [2.05, 4.69) is 43.5 Å². The van der Waals surface area contributed by atoms with Crippen LogP contribution < -0.4 is 15.4 Å². The molecule has 0 amide bonds. The average Bonchev–Trinajstić information content (AvgIpc) is 2.43. The maximum absolute atomic E-state index is 5.77. The molecule has 0 saturated heterocycles. The molecule has 0 fully saturated rings. The number of para-hydroxylation sites is 1. The van der Waals surface area contributed by atoms with Crippen LogP contribution in [0, 0.1) is 5.92 Å². The Kier molecular flexibility index (Phi) is 4.34. The summed E-state index contributed by atoms with van der Waals surface area (Å²) in [6.07, 6.45) is 2.23. The number of nitrogens with one attached hydrogen (secondary N) is 2. The van der Waals surface area contributed by atoms with E-state index in [1.165, 1.54) is 12.1 Å². The van der Waals surface area contributed by atoms with Gasteiger partial charge in [-0.3, -0.25) is 0 Å². The van der Waals surface area contributed by atoms with Gasteiger partial charge >= 0.3 is 0 Å². The molecule has 2 rings (SSSR count). The molecule has 0 bridgehead atoms. The van der Waals surface area contributed by atoms with Crippen LogP contribution >= 0.6 is 0 Å². The van der Waals surface area contributed by atoms with Crippen LogP contribution in [0.2, 0.25) is 0 Å². The van der Waals surface area contributed by atoms with Gasteiger partial charge in [-0.15, -0.1) is 0 Å². The molecule has 1 aliphatic heterocycles. The summed E-state index contributed by atoms with van der Waals surface area (Å²) >= 11 is 0. The third-order valence-corrected chi connectivity index (χ3v) is 3.66. The molecule has 1 heterocycles. The molecule has 1 aromatic carbocycles. The Labute approximate surface area is 110 Å². The molecule has 1 aliphatic rings. The van der Waals surface area contributed by atoms with Crippen molar-refractivity contribution in [1.82, 2.24) is 0 Å². The quantitative estimate of drug-likeness (QED) is 0.833. The van der Waals surface area contributed by atoms with Gasteiger partial charge in [0, 0.05) is 12.6 Å². The number of anilines is 2. The maximum Gasteiger partial charge on any atom is 0.144 e. The molecule has 0 aliphatic carbocycles. The minimum absolute atomic E-state index is 0.504. The molecule has 3 heteroatoms. The fourth-order valence-electron chi connectivity index (χ4n) is 2.26. The van der Waals surface area contributed by atoms with E-state index in [-0.39, 0.29) is 0 Å². The van der Waals surface area contributed by atoms with Crippen LogP contribution in [0.3, 0.4) is 0 Å². The third-order valence-electron chi connectivity index (χ3n) is 3.66. The van der Waals surface area contributed by atoms with Crippen molar-refractivity contribution in [2.75, 3.05) is 23.8 Å². The molecule has 0 radical (unpaired) electrons. The lowest BCUT2D eigenvalue weighted by Gasteiger charge is -2.33. The van der Waals surface area contributed by atoms with E-state index in [9.17, 15) is 0 Å². The Bertz CT molecular complexity index is 392. The number of benzene rings is 1. The summed E-state index contributed by atoms with van der Waals surface area (Å²) in [7, 11) is 0. The number of ether oxygens (including phenoxy) is 1. The largest absolute Gasteiger partial charge is 0.491 e. The van der Waals surface area contributed by atoms with Gasteiger partial charge in [0.15, 0.2) is 0 Å². The van der Waals surface area contributed by atoms with Gasteiger partial charge in [-0.05, 0) is 24.5 Å². The highest BCUT2D eigenvalue weighted by atomic mass is 16.5. The molecule has 100 valence electrons. The topological polar surface area (TPSA) is 33.3 Å². The predicted octanol–water partition coefficient (Wildman–Crippen LogP) is 3.73. The third kappa shape index (κ3) is 2.71. The van der Waals surface area contributed by atoms with Crippen LogP contribution in [0.25, 0.3) is 0 Å². The van der Waals surface area contributed by atoms with Crippen molar-refractivity contribution in [2.45, 2.75) is 39.7 Å². The first-order valence-electron chi connectivity index (χ1n) is 7.02. The lowest BCUT2D eigenvalue weighted by molar-refractivity contribution is 0.318. The fourth-order valence-corrected chi connectivity index (χ4v) is 2.26. The van der Waals surface area contributed by atoms with Crippen LogP contribution in [-0.4, -0.2) is 19.2 Å². The van der Waals surface area contributed by atoms with Crippen LogP contribution in [0.1, 0.15) is 33.6 Å². The predicted molar refractivity (Wildman–Crippen MR) is 77.6 cm³/mol. The second-order valence-corrected chi connectivity index (χ2v) is 5.04. The Morgan fingerprint density at radius 2 is 2.22 bits per heavy atom. The lowest BCUT2D eigenvalue weighted by Crippen LogP contribution is -2.38. The fraction of sp³-hybridized carbons (Fsp3) is 0.600. The zero-order valence-electron chi connectivity index (χ0n) is 11.6. The molecule has 18 heavy (non-hydrogen) atoms. The first-order valence-corrected chi connectivity index (χ1v) is 7.02. The number of fused-ring (bicyclic) bond motifs is 1. The maximum atomic E-state index is 5.77. The Morgan fingerprint density at radius 1 is 1.39 bits per heavy atom. The first-order chi connectivity index (χ1) is 8.76. The number of rotatable bonds is 5.